The van der Waals surface area contributed by atoms with Crippen LogP contribution in [0.1, 0.15) is 55.8 Å². The Labute approximate surface area is 206 Å². The van der Waals surface area contributed by atoms with Gasteiger partial charge in [0, 0.05) is 12.6 Å². The normalized spacial score (nSPS) is 18.0. The molecule has 0 spiro atoms. The third-order valence-corrected chi connectivity index (χ3v) is 6.57. The zero-order valence-corrected chi connectivity index (χ0v) is 20.8. The lowest BCUT2D eigenvalue weighted by atomic mass is 9.87. The predicted molar refractivity (Wildman–Crippen MR) is 131 cm³/mol. The van der Waals surface area contributed by atoms with Crippen molar-refractivity contribution in [2.45, 2.75) is 57.7 Å². The number of rotatable bonds is 8. The molecule has 2 atom stereocenters. The Morgan fingerprint density at radius 1 is 1.09 bits per heavy atom. The molecule has 0 aromatic heterocycles. The molecule has 188 valence electrons. The van der Waals surface area contributed by atoms with Crippen LogP contribution in [0.3, 0.4) is 0 Å². The molecule has 8 heteroatoms. The topological polar surface area (TPSA) is 79.9 Å². The monoisotopic (exact) mass is 483 g/mol. The van der Waals surface area contributed by atoms with Crippen LogP contribution in [0.15, 0.2) is 36.4 Å². The van der Waals surface area contributed by atoms with Crippen LogP contribution in [-0.4, -0.2) is 49.7 Å². The summed E-state index contributed by atoms with van der Waals surface area (Å²) in [6, 6.07) is 8.79. The van der Waals surface area contributed by atoms with Crippen LogP contribution >= 0.6 is 0 Å². The van der Waals surface area contributed by atoms with Gasteiger partial charge in [-0.3, -0.25) is 4.79 Å². The highest BCUT2D eigenvalue weighted by Crippen LogP contribution is 2.41. The first-order chi connectivity index (χ1) is 16.8. The Bertz CT molecular complexity index is 1070. The van der Waals surface area contributed by atoms with Gasteiger partial charge in [-0.1, -0.05) is 26.0 Å². The third kappa shape index (κ3) is 5.69. The van der Waals surface area contributed by atoms with Crippen molar-refractivity contribution in [2.75, 3.05) is 20.8 Å². The average molecular weight is 484 g/mol. The number of halogens is 1. The third-order valence-electron chi connectivity index (χ3n) is 6.57. The van der Waals surface area contributed by atoms with Gasteiger partial charge in [-0.15, -0.1) is 0 Å². The smallest absolute Gasteiger partial charge is 0.318 e. The number of fused-ring (bicyclic) bond motifs is 1. The molecule has 0 saturated heterocycles. The molecule has 1 heterocycles. The van der Waals surface area contributed by atoms with Crippen molar-refractivity contribution in [3.05, 3.63) is 58.9 Å². The van der Waals surface area contributed by atoms with E-state index in [-0.39, 0.29) is 29.7 Å². The van der Waals surface area contributed by atoms with Gasteiger partial charge < -0.3 is 25.0 Å². The molecule has 1 fully saturated rings. The Morgan fingerprint density at radius 2 is 1.74 bits per heavy atom. The van der Waals surface area contributed by atoms with Gasteiger partial charge in [-0.25, -0.2) is 9.18 Å². The van der Waals surface area contributed by atoms with Crippen molar-refractivity contribution in [2.24, 2.45) is 5.92 Å². The molecule has 0 bridgehead atoms. The molecule has 0 radical (unpaired) electrons. The molecule has 1 saturated carbocycles. The molecule has 1 aliphatic carbocycles. The number of methoxy groups -OCH3 is 2. The SMILES string of the molecule is COc1cc2c(cc1OC)[C@@H](c1ccc(F)cc1)N(C(=O)N[C@@H](CC(C)C)C(=O)NC1CC1)CC2. The number of nitrogens with one attached hydrogen (secondary N) is 2. The predicted octanol–water partition coefficient (Wildman–Crippen LogP) is 4.19. The maximum Gasteiger partial charge on any atom is 0.318 e. The molecular formula is C27H34FN3O4. The average Bonchev–Trinajstić information content (AvgIpc) is 3.66. The fourth-order valence-corrected chi connectivity index (χ4v) is 4.63. The van der Waals surface area contributed by atoms with Gasteiger partial charge in [-0.05, 0) is 72.6 Å². The molecule has 3 amide bonds. The zero-order chi connectivity index (χ0) is 25.1. The van der Waals surface area contributed by atoms with E-state index < -0.39 is 12.1 Å². The van der Waals surface area contributed by atoms with Crippen molar-refractivity contribution in [1.29, 1.82) is 0 Å². The summed E-state index contributed by atoms with van der Waals surface area (Å²) in [5, 5.41) is 6.00. The molecule has 2 aromatic rings. The minimum atomic E-state index is -0.622. The first-order valence-corrected chi connectivity index (χ1v) is 12.2. The molecular weight excluding hydrogens is 449 g/mol. The first-order valence-electron chi connectivity index (χ1n) is 12.2. The molecule has 2 aromatic carbocycles. The van der Waals surface area contributed by atoms with E-state index in [1.165, 1.54) is 12.1 Å². The van der Waals surface area contributed by atoms with Crippen LogP contribution in [0, 0.1) is 11.7 Å². The summed E-state index contributed by atoms with van der Waals surface area (Å²) < 4.78 is 24.7. The molecule has 1 aliphatic heterocycles. The van der Waals surface area contributed by atoms with Crippen LogP contribution in [0.2, 0.25) is 0 Å². The summed E-state index contributed by atoms with van der Waals surface area (Å²) in [4.78, 5) is 28.2. The van der Waals surface area contributed by atoms with E-state index in [0.29, 0.717) is 30.9 Å². The van der Waals surface area contributed by atoms with E-state index in [0.717, 1.165) is 29.5 Å². The molecule has 0 unspecified atom stereocenters. The summed E-state index contributed by atoms with van der Waals surface area (Å²) in [6.07, 6.45) is 3.12. The maximum absolute atomic E-state index is 13.7. The van der Waals surface area contributed by atoms with Crippen molar-refractivity contribution < 1.29 is 23.5 Å². The van der Waals surface area contributed by atoms with Gasteiger partial charge in [0.25, 0.3) is 0 Å². The number of amides is 3. The van der Waals surface area contributed by atoms with Gasteiger partial charge in [0.05, 0.1) is 20.3 Å². The van der Waals surface area contributed by atoms with Crippen LogP contribution < -0.4 is 20.1 Å². The minimum Gasteiger partial charge on any atom is -0.493 e. The van der Waals surface area contributed by atoms with Gasteiger partial charge in [0.15, 0.2) is 11.5 Å². The second kappa shape index (κ2) is 10.5. The van der Waals surface area contributed by atoms with Gasteiger partial charge >= 0.3 is 6.03 Å². The Kier molecular flexibility index (Phi) is 7.48. The fourth-order valence-electron chi connectivity index (χ4n) is 4.63. The summed E-state index contributed by atoms with van der Waals surface area (Å²) in [7, 11) is 3.16. The van der Waals surface area contributed by atoms with E-state index in [1.54, 1.807) is 31.3 Å². The maximum atomic E-state index is 13.7. The van der Waals surface area contributed by atoms with E-state index in [9.17, 15) is 14.0 Å². The largest absolute Gasteiger partial charge is 0.493 e. The molecule has 4 rings (SSSR count). The number of carbonyl (C=O) groups excluding carboxylic acids is 2. The van der Waals surface area contributed by atoms with E-state index in [2.05, 4.69) is 10.6 Å². The van der Waals surface area contributed by atoms with Crippen molar-refractivity contribution >= 4 is 11.9 Å². The second-order valence-corrected chi connectivity index (χ2v) is 9.72. The summed E-state index contributed by atoms with van der Waals surface area (Å²) in [5.41, 5.74) is 2.70. The highest BCUT2D eigenvalue weighted by Gasteiger charge is 2.36. The Balaban J connectivity index is 1.67. The molecule has 7 nitrogen and oxygen atoms in total. The summed E-state index contributed by atoms with van der Waals surface area (Å²) in [5.74, 6) is 0.924. The van der Waals surface area contributed by atoms with Gasteiger partial charge in [0.1, 0.15) is 11.9 Å². The fraction of sp³-hybridized carbons (Fsp3) is 0.481. The highest BCUT2D eigenvalue weighted by atomic mass is 19.1. The standard InChI is InChI=1S/C27H34FN3O4/c1-16(2)13-22(26(32)29-20-9-10-20)30-27(33)31-12-11-18-14-23(34-3)24(35-4)15-21(18)25(31)17-5-7-19(28)8-6-17/h5-8,14-16,20,22,25H,9-13H2,1-4H3,(H,29,32)(H,30,33)/t22-,25+/m0/s1. The number of urea groups is 1. The van der Waals surface area contributed by atoms with Crippen LogP contribution in [0.5, 0.6) is 11.5 Å². The van der Waals surface area contributed by atoms with E-state index in [4.69, 9.17) is 9.47 Å². The quantitative estimate of drug-likeness (QED) is 0.590. The Hall–Kier alpha value is -3.29. The van der Waals surface area contributed by atoms with E-state index in [1.807, 2.05) is 26.0 Å². The van der Waals surface area contributed by atoms with Crippen LogP contribution in [0.25, 0.3) is 0 Å². The van der Waals surface area contributed by atoms with Crippen LogP contribution in [-0.2, 0) is 11.2 Å². The highest BCUT2D eigenvalue weighted by molar-refractivity contribution is 5.87. The van der Waals surface area contributed by atoms with Gasteiger partial charge in [-0.2, -0.15) is 0 Å². The Morgan fingerprint density at radius 3 is 2.34 bits per heavy atom. The number of carbonyl (C=O) groups is 2. The molecule has 2 N–H and O–H groups in total. The first kappa shape index (κ1) is 24.8. The molecule has 35 heavy (non-hydrogen) atoms. The van der Waals surface area contributed by atoms with Crippen molar-refractivity contribution in [3.63, 3.8) is 0 Å². The van der Waals surface area contributed by atoms with Crippen LogP contribution in [0.4, 0.5) is 9.18 Å². The number of hydrogen-bond acceptors (Lipinski definition) is 4. The lowest BCUT2D eigenvalue weighted by Crippen LogP contribution is -2.54. The summed E-state index contributed by atoms with van der Waals surface area (Å²) in [6.45, 7) is 4.50. The number of ether oxygens (including phenoxy) is 2. The number of benzene rings is 2. The van der Waals surface area contributed by atoms with Crippen molar-refractivity contribution in [3.8, 4) is 11.5 Å². The second-order valence-electron chi connectivity index (χ2n) is 9.72. The molecule has 2 aliphatic rings. The zero-order valence-electron chi connectivity index (χ0n) is 20.8. The van der Waals surface area contributed by atoms with Gasteiger partial charge in [0.2, 0.25) is 5.91 Å². The number of nitrogens with zero attached hydrogens (tertiary/aromatic N) is 1. The summed E-state index contributed by atoms with van der Waals surface area (Å²) >= 11 is 0. The van der Waals surface area contributed by atoms with Crippen molar-refractivity contribution in [1.82, 2.24) is 15.5 Å². The lowest BCUT2D eigenvalue weighted by molar-refractivity contribution is -0.123. The number of hydrogen-bond donors (Lipinski definition) is 2. The minimum absolute atomic E-state index is 0.142. The van der Waals surface area contributed by atoms with E-state index >= 15 is 0 Å². The lowest BCUT2D eigenvalue weighted by Gasteiger charge is -2.39.